The number of hydrogen-bond acceptors (Lipinski definition) is 7. The van der Waals surface area contributed by atoms with E-state index >= 15 is 0 Å². The van der Waals surface area contributed by atoms with Gasteiger partial charge in [0.05, 0.1) is 6.20 Å². The number of nitrogens with two attached hydrogens (primary N) is 1. The molecule has 2 amide bonds. The van der Waals surface area contributed by atoms with Gasteiger partial charge in [-0.15, -0.1) is 0 Å². The van der Waals surface area contributed by atoms with E-state index in [1.807, 2.05) is 30.3 Å². The second kappa shape index (κ2) is 10.0. The lowest BCUT2D eigenvalue weighted by molar-refractivity contribution is -0.117. The molecule has 0 spiro atoms. The second-order valence-corrected chi connectivity index (χ2v) is 7.59. The van der Waals surface area contributed by atoms with E-state index < -0.39 is 5.91 Å². The van der Waals surface area contributed by atoms with Crippen molar-refractivity contribution in [3.05, 3.63) is 42.2 Å². The molecule has 9 heteroatoms. The number of carbonyl (C=O) groups is 2. The Morgan fingerprint density at radius 2 is 2.07 bits per heavy atom. The zero-order valence-electron chi connectivity index (χ0n) is 17.5. The van der Waals surface area contributed by atoms with Gasteiger partial charge in [-0.25, -0.2) is 9.97 Å². The van der Waals surface area contributed by atoms with Crippen LogP contribution in [0.1, 0.15) is 23.3 Å². The normalized spacial score (nSPS) is 16.4. The molecule has 160 valence electrons. The van der Waals surface area contributed by atoms with Gasteiger partial charge >= 0.3 is 0 Å². The molecule has 30 heavy (non-hydrogen) atoms. The number of primary amides is 1. The van der Waals surface area contributed by atoms with Crippen molar-refractivity contribution >= 4 is 29.6 Å². The summed E-state index contributed by atoms with van der Waals surface area (Å²) in [6.45, 7) is 3.17. The highest BCUT2D eigenvalue weighted by Crippen LogP contribution is 2.24. The maximum absolute atomic E-state index is 11.8. The average Bonchev–Trinajstić information content (AvgIpc) is 2.77. The first-order chi connectivity index (χ1) is 14.5. The lowest BCUT2D eigenvalue weighted by atomic mass is 10.0. The minimum atomic E-state index is -0.622. The Kier molecular flexibility index (Phi) is 7.18. The van der Waals surface area contributed by atoms with Crippen LogP contribution in [0.5, 0.6) is 0 Å². The summed E-state index contributed by atoms with van der Waals surface area (Å²) >= 11 is 0. The summed E-state index contributed by atoms with van der Waals surface area (Å²) in [5.41, 5.74) is 6.42. The number of hydrogen-bond donors (Lipinski definition) is 2. The summed E-state index contributed by atoms with van der Waals surface area (Å²) in [4.78, 5) is 37.7. The van der Waals surface area contributed by atoms with Crippen LogP contribution in [0.25, 0.3) is 0 Å². The third kappa shape index (κ3) is 5.44. The van der Waals surface area contributed by atoms with Gasteiger partial charge in [0, 0.05) is 45.0 Å². The zero-order valence-corrected chi connectivity index (χ0v) is 17.5. The number of nitrogens with one attached hydrogen (secondary N) is 1. The van der Waals surface area contributed by atoms with Gasteiger partial charge in [-0.3, -0.25) is 14.5 Å². The van der Waals surface area contributed by atoms with Gasteiger partial charge in [-0.2, -0.15) is 0 Å². The molecule has 1 atom stereocenters. The number of nitrogens with zero attached hydrogens (tertiary/aromatic N) is 5. The first kappa shape index (κ1) is 21.5. The molecule has 1 aliphatic heterocycles. The number of piperidine rings is 1. The molecule has 3 rings (SSSR count). The first-order valence-corrected chi connectivity index (χ1v) is 10.1. The molecule has 1 unspecified atom stereocenters. The van der Waals surface area contributed by atoms with Crippen molar-refractivity contribution in [2.75, 3.05) is 50.5 Å². The summed E-state index contributed by atoms with van der Waals surface area (Å²) in [5.74, 6) is 0.443. The Bertz CT molecular complexity index is 862. The molecule has 1 saturated heterocycles. The minimum Gasteiger partial charge on any atom is -0.364 e. The lowest BCUT2D eigenvalue weighted by Crippen LogP contribution is -2.48. The van der Waals surface area contributed by atoms with Crippen LogP contribution in [0.15, 0.2) is 36.5 Å². The molecule has 2 aromatic rings. The Morgan fingerprint density at radius 3 is 2.77 bits per heavy atom. The van der Waals surface area contributed by atoms with E-state index in [4.69, 9.17) is 5.73 Å². The van der Waals surface area contributed by atoms with Crippen LogP contribution in [-0.2, 0) is 4.79 Å². The predicted octanol–water partition coefficient (Wildman–Crippen LogP) is 1.31. The van der Waals surface area contributed by atoms with Crippen LogP contribution in [0.4, 0.5) is 17.3 Å². The summed E-state index contributed by atoms with van der Waals surface area (Å²) < 4.78 is 0. The van der Waals surface area contributed by atoms with Crippen LogP contribution in [0.2, 0.25) is 0 Å². The van der Waals surface area contributed by atoms with E-state index in [1.165, 1.54) is 0 Å². The Morgan fingerprint density at radius 1 is 1.30 bits per heavy atom. The van der Waals surface area contributed by atoms with Crippen molar-refractivity contribution in [3.8, 4) is 0 Å². The molecule has 1 fully saturated rings. The van der Waals surface area contributed by atoms with E-state index in [0.29, 0.717) is 24.2 Å². The Balaban J connectivity index is 1.75. The quantitative estimate of drug-likeness (QED) is 0.599. The summed E-state index contributed by atoms with van der Waals surface area (Å²) in [7, 11) is 3.86. The highest BCUT2D eigenvalue weighted by molar-refractivity contribution is 5.96. The molecular weight excluding hydrogens is 382 g/mol. The lowest BCUT2D eigenvalue weighted by Gasteiger charge is -2.38. The molecule has 0 saturated carbocycles. The number of amides is 2. The molecule has 0 bridgehead atoms. The highest BCUT2D eigenvalue weighted by atomic mass is 16.1. The van der Waals surface area contributed by atoms with Crippen molar-refractivity contribution in [2.24, 2.45) is 5.73 Å². The van der Waals surface area contributed by atoms with Gasteiger partial charge in [0.15, 0.2) is 11.5 Å². The molecule has 2 heterocycles. The van der Waals surface area contributed by atoms with Crippen LogP contribution >= 0.6 is 0 Å². The predicted molar refractivity (Wildman–Crippen MR) is 117 cm³/mol. The number of carbonyl (C=O) groups excluding carboxylic acids is 2. The fourth-order valence-electron chi connectivity index (χ4n) is 3.53. The molecule has 9 nitrogen and oxygen atoms in total. The van der Waals surface area contributed by atoms with Crippen molar-refractivity contribution in [1.29, 1.82) is 0 Å². The van der Waals surface area contributed by atoms with Gasteiger partial charge in [-0.05, 0) is 32.0 Å². The largest absolute Gasteiger partial charge is 0.364 e. The summed E-state index contributed by atoms with van der Waals surface area (Å²) in [5, 5.41) is 3.16. The monoisotopic (exact) mass is 411 g/mol. The van der Waals surface area contributed by atoms with Crippen LogP contribution < -0.4 is 16.0 Å². The average molecular weight is 412 g/mol. The third-order valence-corrected chi connectivity index (χ3v) is 5.36. The minimum absolute atomic E-state index is 0.116. The number of aromatic nitrogens is 2. The molecule has 1 aliphatic rings. The van der Waals surface area contributed by atoms with E-state index in [1.54, 1.807) is 18.1 Å². The standard InChI is InChI=1S/C21H29N7O2/c1-26(15-29)11-12-27(2)17-9-6-10-28(14-17)18-13-23-19(20(22)30)21(25-18)24-16-7-4-3-5-8-16/h3-5,7-8,13,15,17H,6,9-12,14H2,1-2H3,(H2,22,30)(H,24,25). The van der Waals surface area contributed by atoms with Crippen molar-refractivity contribution < 1.29 is 9.59 Å². The summed E-state index contributed by atoms with van der Waals surface area (Å²) in [6.07, 6.45) is 4.57. The molecule has 0 radical (unpaired) electrons. The zero-order chi connectivity index (χ0) is 21.5. The van der Waals surface area contributed by atoms with Crippen LogP contribution in [0, 0.1) is 0 Å². The smallest absolute Gasteiger partial charge is 0.271 e. The number of para-hydroxylation sites is 1. The number of anilines is 3. The number of benzene rings is 1. The van der Waals surface area contributed by atoms with Gasteiger partial charge in [0.25, 0.3) is 5.91 Å². The maximum Gasteiger partial charge on any atom is 0.271 e. The van der Waals surface area contributed by atoms with Gasteiger partial charge in [0.1, 0.15) is 5.82 Å². The molecule has 0 aliphatic carbocycles. The van der Waals surface area contributed by atoms with E-state index in [-0.39, 0.29) is 5.69 Å². The number of likely N-dealkylation sites (N-methyl/N-ethyl adjacent to an activating group) is 2. The van der Waals surface area contributed by atoms with E-state index in [2.05, 4.69) is 32.1 Å². The maximum atomic E-state index is 11.8. The SMILES string of the molecule is CN(C=O)CCN(C)C1CCCN(c2cnc(C(N)=O)c(Nc3ccccc3)n2)C1. The fourth-order valence-corrected chi connectivity index (χ4v) is 3.53. The van der Waals surface area contributed by atoms with E-state index in [0.717, 1.165) is 44.6 Å². The van der Waals surface area contributed by atoms with Crippen LogP contribution in [-0.4, -0.2) is 78.4 Å². The Labute approximate surface area is 176 Å². The Hall–Kier alpha value is -3.20. The van der Waals surface area contributed by atoms with Crippen molar-refractivity contribution in [1.82, 2.24) is 19.8 Å². The molecule has 1 aromatic heterocycles. The topological polar surface area (TPSA) is 108 Å². The highest BCUT2D eigenvalue weighted by Gasteiger charge is 2.25. The van der Waals surface area contributed by atoms with Gasteiger partial charge in [0.2, 0.25) is 6.41 Å². The van der Waals surface area contributed by atoms with Gasteiger partial charge in [-0.1, -0.05) is 18.2 Å². The fraction of sp³-hybridized carbons (Fsp3) is 0.429. The third-order valence-electron chi connectivity index (χ3n) is 5.36. The van der Waals surface area contributed by atoms with Crippen molar-refractivity contribution in [3.63, 3.8) is 0 Å². The second-order valence-electron chi connectivity index (χ2n) is 7.59. The summed E-state index contributed by atoms with van der Waals surface area (Å²) in [6, 6.07) is 9.84. The molecular formula is C21H29N7O2. The number of rotatable bonds is 9. The first-order valence-electron chi connectivity index (χ1n) is 10.1. The van der Waals surface area contributed by atoms with Crippen LogP contribution in [0.3, 0.4) is 0 Å². The van der Waals surface area contributed by atoms with Gasteiger partial charge < -0.3 is 20.9 Å². The van der Waals surface area contributed by atoms with Crippen molar-refractivity contribution in [2.45, 2.75) is 18.9 Å². The molecule has 3 N–H and O–H groups in total. The van der Waals surface area contributed by atoms with E-state index in [9.17, 15) is 9.59 Å². The molecule has 1 aromatic carbocycles.